The van der Waals surface area contributed by atoms with Gasteiger partial charge in [-0.05, 0) is 49.6 Å². The zero-order valence-corrected chi connectivity index (χ0v) is 16.8. The Morgan fingerprint density at radius 3 is 2.69 bits per heavy atom. The number of carbonyl (C=O) groups is 1. The van der Waals surface area contributed by atoms with Crippen molar-refractivity contribution in [2.24, 2.45) is 0 Å². The lowest BCUT2D eigenvalue weighted by atomic mass is 9.89. The highest BCUT2D eigenvalue weighted by Crippen LogP contribution is 2.50. The molecule has 9 heteroatoms. The Bertz CT molecular complexity index is 1420. The monoisotopic (exact) mass is 439 g/mol. The van der Waals surface area contributed by atoms with Gasteiger partial charge in [0.2, 0.25) is 5.91 Å². The van der Waals surface area contributed by atoms with Gasteiger partial charge in [-0.15, -0.1) is 0 Å². The normalized spacial score (nSPS) is 18.0. The van der Waals surface area contributed by atoms with Gasteiger partial charge in [-0.1, -0.05) is 0 Å². The van der Waals surface area contributed by atoms with Crippen LogP contribution in [0.5, 0.6) is 5.75 Å². The second-order valence-electron chi connectivity index (χ2n) is 8.14. The van der Waals surface area contributed by atoms with Crippen molar-refractivity contribution >= 4 is 16.8 Å². The number of nitriles is 1. The van der Waals surface area contributed by atoms with Crippen LogP contribution in [-0.4, -0.2) is 17.5 Å². The number of rotatable bonds is 3. The zero-order valence-electron chi connectivity index (χ0n) is 16.8. The maximum Gasteiger partial charge on any atom is 0.252 e. The molecule has 1 atom stereocenters. The van der Waals surface area contributed by atoms with Crippen LogP contribution >= 0.6 is 0 Å². The zero-order chi connectivity index (χ0) is 22.8. The lowest BCUT2D eigenvalue weighted by molar-refractivity contribution is -0.124. The van der Waals surface area contributed by atoms with E-state index < -0.39 is 40.4 Å². The first-order chi connectivity index (χ1) is 15.3. The van der Waals surface area contributed by atoms with Crippen LogP contribution in [0.1, 0.15) is 41.1 Å². The fourth-order valence-corrected chi connectivity index (χ4v) is 4.57. The molecule has 0 unspecified atom stereocenters. The van der Waals surface area contributed by atoms with E-state index in [0.29, 0.717) is 12.8 Å². The van der Waals surface area contributed by atoms with Crippen LogP contribution < -0.4 is 15.6 Å². The molecule has 2 heterocycles. The van der Waals surface area contributed by atoms with E-state index >= 15 is 0 Å². The van der Waals surface area contributed by atoms with E-state index in [1.54, 1.807) is 0 Å². The Balaban J connectivity index is 1.54. The molecule has 5 rings (SSSR count). The number of nitrogens with zero attached hydrogens (tertiary/aromatic N) is 1. The van der Waals surface area contributed by atoms with Crippen molar-refractivity contribution in [2.45, 2.75) is 31.2 Å². The first-order valence-corrected chi connectivity index (χ1v) is 9.95. The quantitative estimate of drug-likeness (QED) is 0.654. The minimum absolute atomic E-state index is 0.0319. The smallest absolute Gasteiger partial charge is 0.252 e. The summed E-state index contributed by atoms with van der Waals surface area (Å²) in [5, 5.41) is 11.6. The second-order valence-corrected chi connectivity index (χ2v) is 8.14. The summed E-state index contributed by atoms with van der Waals surface area (Å²) in [6, 6.07) is 5.69. The van der Waals surface area contributed by atoms with Crippen LogP contribution in [0.25, 0.3) is 10.9 Å². The van der Waals surface area contributed by atoms with Crippen LogP contribution in [0.2, 0.25) is 0 Å². The van der Waals surface area contributed by atoms with Crippen molar-refractivity contribution in [3.63, 3.8) is 0 Å². The molecular formula is C23H16F3N3O3. The van der Waals surface area contributed by atoms with Gasteiger partial charge in [0.15, 0.2) is 11.6 Å². The number of ether oxygens (including phenoxy) is 1. The van der Waals surface area contributed by atoms with Gasteiger partial charge in [0, 0.05) is 10.9 Å². The van der Waals surface area contributed by atoms with E-state index in [9.17, 15) is 22.8 Å². The first kappa shape index (κ1) is 20.1. The first-order valence-electron chi connectivity index (χ1n) is 9.95. The molecule has 3 aromatic rings. The number of carbonyl (C=O) groups excluding carboxylic acids is 1. The highest BCUT2D eigenvalue weighted by Gasteiger charge is 2.54. The number of aromatic amines is 1. The van der Waals surface area contributed by atoms with Gasteiger partial charge in [-0.3, -0.25) is 9.59 Å². The summed E-state index contributed by atoms with van der Waals surface area (Å²) in [5.41, 5.74) is -1.14. The largest absolute Gasteiger partial charge is 0.491 e. The van der Waals surface area contributed by atoms with Gasteiger partial charge in [0.25, 0.3) is 5.56 Å². The minimum atomic E-state index is -1.23. The van der Waals surface area contributed by atoms with Crippen LogP contribution in [0, 0.1) is 35.7 Å². The molecular weight excluding hydrogens is 423 g/mol. The minimum Gasteiger partial charge on any atom is -0.491 e. The summed E-state index contributed by atoms with van der Waals surface area (Å²) in [4.78, 5) is 28.6. The molecule has 1 fully saturated rings. The Morgan fingerprint density at radius 1 is 1.25 bits per heavy atom. The Morgan fingerprint density at radius 2 is 2.00 bits per heavy atom. The molecule has 162 valence electrons. The van der Waals surface area contributed by atoms with E-state index in [0.717, 1.165) is 12.1 Å². The lowest BCUT2D eigenvalue weighted by Crippen LogP contribution is -2.41. The molecule has 6 nitrogen and oxygen atoms in total. The molecule has 0 saturated heterocycles. The Hall–Kier alpha value is -3.80. The molecule has 1 saturated carbocycles. The van der Waals surface area contributed by atoms with Gasteiger partial charge < -0.3 is 15.0 Å². The van der Waals surface area contributed by atoms with Gasteiger partial charge >= 0.3 is 0 Å². The number of pyridine rings is 1. The summed E-state index contributed by atoms with van der Waals surface area (Å²) in [5.74, 6) is -3.17. The van der Waals surface area contributed by atoms with Crippen molar-refractivity contribution in [3.8, 4) is 11.8 Å². The number of nitrogens with one attached hydrogen (secondary N) is 2. The fraction of sp³-hybridized carbons (Fsp3) is 0.261. The maximum absolute atomic E-state index is 14.5. The number of aromatic nitrogens is 1. The molecule has 1 amide bonds. The number of hydrogen-bond donors (Lipinski definition) is 2. The van der Waals surface area contributed by atoms with Gasteiger partial charge in [-0.2, -0.15) is 5.26 Å². The van der Waals surface area contributed by atoms with Crippen LogP contribution in [0.3, 0.4) is 0 Å². The van der Waals surface area contributed by atoms with E-state index in [1.165, 1.54) is 19.1 Å². The number of benzene rings is 2. The number of aryl methyl sites for hydroxylation is 1. The highest BCUT2D eigenvalue weighted by atomic mass is 19.2. The van der Waals surface area contributed by atoms with Crippen molar-refractivity contribution in [3.05, 3.63) is 74.3 Å². The van der Waals surface area contributed by atoms with E-state index in [2.05, 4.69) is 10.3 Å². The fourth-order valence-electron chi connectivity index (χ4n) is 4.57. The number of amides is 1. The molecule has 2 aromatic carbocycles. The molecule has 1 aliphatic carbocycles. The Labute approximate surface area is 179 Å². The van der Waals surface area contributed by atoms with Crippen molar-refractivity contribution in [2.75, 3.05) is 6.61 Å². The van der Waals surface area contributed by atoms with Crippen LogP contribution in [0.4, 0.5) is 13.2 Å². The Kier molecular flexibility index (Phi) is 4.31. The summed E-state index contributed by atoms with van der Waals surface area (Å²) in [6.07, 6.45) is 0.670. The average Bonchev–Trinajstić information content (AvgIpc) is 3.45. The van der Waals surface area contributed by atoms with Crippen molar-refractivity contribution < 1.29 is 22.7 Å². The number of hydrogen-bond acceptors (Lipinski definition) is 4. The number of fused-ring (bicyclic) bond motifs is 2. The third-order valence-corrected chi connectivity index (χ3v) is 6.26. The highest BCUT2D eigenvalue weighted by molar-refractivity contribution is 5.94. The van der Waals surface area contributed by atoms with Gasteiger partial charge in [0.05, 0.1) is 34.2 Å². The molecule has 2 aliphatic rings. The summed E-state index contributed by atoms with van der Waals surface area (Å²) in [7, 11) is 0. The van der Waals surface area contributed by atoms with Crippen LogP contribution in [-0.2, 0) is 10.2 Å². The topological polar surface area (TPSA) is 95.0 Å². The summed E-state index contributed by atoms with van der Waals surface area (Å²) >= 11 is 0. The third kappa shape index (κ3) is 2.79. The molecule has 1 aliphatic heterocycles. The second kappa shape index (κ2) is 6.85. The number of halogens is 3. The van der Waals surface area contributed by atoms with Crippen LogP contribution in [0.15, 0.2) is 29.1 Å². The van der Waals surface area contributed by atoms with Gasteiger partial charge in [0.1, 0.15) is 18.2 Å². The predicted octanol–water partition coefficient (Wildman–Crippen LogP) is 3.41. The molecule has 0 radical (unpaired) electrons. The molecule has 2 N–H and O–H groups in total. The van der Waals surface area contributed by atoms with E-state index in [-0.39, 0.29) is 45.5 Å². The SMILES string of the molecule is Cc1c(C2(C(=O)N[C@H]3COc4cc(C#N)cc(F)c43)CC2)c(=O)[nH]c2ccc(F)c(F)c12. The summed E-state index contributed by atoms with van der Waals surface area (Å²) < 4.78 is 48.3. The molecule has 0 spiro atoms. The van der Waals surface area contributed by atoms with Crippen molar-refractivity contribution in [1.29, 1.82) is 5.26 Å². The predicted molar refractivity (Wildman–Crippen MR) is 108 cm³/mol. The molecule has 32 heavy (non-hydrogen) atoms. The standard InChI is InChI=1S/C23H16F3N3O3/c1-10-17-14(3-2-12(24)20(17)26)28-21(30)19(10)23(4-5-23)22(31)29-15-9-32-16-7-11(8-27)6-13(25)18(15)16/h2-3,6-7,15H,4-5,9H2,1H3,(H,28,30)(H,29,31)/t15-/m0/s1. The molecule has 1 aromatic heterocycles. The lowest BCUT2D eigenvalue weighted by Gasteiger charge is -2.21. The van der Waals surface area contributed by atoms with E-state index in [1.807, 2.05) is 6.07 Å². The summed E-state index contributed by atoms with van der Waals surface area (Å²) in [6.45, 7) is 1.45. The average molecular weight is 439 g/mol. The third-order valence-electron chi connectivity index (χ3n) is 6.26. The van der Waals surface area contributed by atoms with E-state index in [4.69, 9.17) is 10.00 Å². The molecule has 0 bridgehead atoms. The van der Waals surface area contributed by atoms with Crippen molar-refractivity contribution in [1.82, 2.24) is 10.3 Å². The number of H-pyrrole nitrogens is 1. The maximum atomic E-state index is 14.5. The van der Waals surface area contributed by atoms with Gasteiger partial charge in [-0.25, -0.2) is 13.2 Å².